The average molecular weight is 470 g/mol. The predicted octanol–water partition coefficient (Wildman–Crippen LogP) is 3.80. The summed E-state index contributed by atoms with van der Waals surface area (Å²) < 4.78 is 8.62. The maximum Gasteiger partial charge on any atom is 0.312 e. The van der Waals surface area contributed by atoms with Gasteiger partial charge in [0.1, 0.15) is 0 Å². The Bertz CT molecular complexity index is 1540. The summed E-state index contributed by atoms with van der Waals surface area (Å²) in [5, 5.41) is 5.33. The molecule has 0 saturated heterocycles. The van der Waals surface area contributed by atoms with Crippen LogP contribution in [0.15, 0.2) is 53.3 Å². The molecule has 0 fully saturated rings. The monoisotopic (exact) mass is 469 g/mol. The van der Waals surface area contributed by atoms with Crippen molar-refractivity contribution < 1.29 is 14.3 Å². The lowest BCUT2D eigenvalue weighted by atomic mass is 10.1. The van der Waals surface area contributed by atoms with Crippen molar-refractivity contribution in [3.8, 4) is 5.69 Å². The number of rotatable bonds is 6. The van der Waals surface area contributed by atoms with Gasteiger partial charge in [-0.15, -0.1) is 0 Å². The van der Waals surface area contributed by atoms with Gasteiger partial charge in [-0.3, -0.25) is 14.4 Å². The minimum atomic E-state index is -0.568. The van der Waals surface area contributed by atoms with Crippen LogP contribution < -0.4 is 5.56 Å². The number of aryl methyl sites for hydroxylation is 4. The van der Waals surface area contributed by atoms with E-state index in [1.54, 1.807) is 31.3 Å². The number of nitrogens with zero attached hydrogens (tertiary/aromatic N) is 3. The first-order chi connectivity index (χ1) is 16.8. The SMILES string of the molecule is Cc1cc(C(=O)COC(=O)Cc2nn(C)c(=O)c3ccccc23)c(C)n1-c1ccc2c(c1)CCC2. The summed E-state index contributed by atoms with van der Waals surface area (Å²) in [6.07, 6.45) is 3.27. The van der Waals surface area contributed by atoms with Crippen molar-refractivity contribution in [3.63, 3.8) is 0 Å². The van der Waals surface area contributed by atoms with Gasteiger partial charge in [-0.2, -0.15) is 5.10 Å². The van der Waals surface area contributed by atoms with E-state index in [1.807, 2.05) is 19.9 Å². The highest BCUT2D eigenvalue weighted by Gasteiger charge is 2.20. The van der Waals surface area contributed by atoms with E-state index < -0.39 is 5.97 Å². The summed E-state index contributed by atoms with van der Waals surface area (Å²) in [6, 6.07) is 15.4. The molecule has 2 heterocycles. The Morgan fingerprint density at radius 3 is 2.54 bits per heavy atom. The first-order valence-electron chi connectivity index (χ1n) is 11.8. The molecule has 4 aromatic rings. The van der Waals surface area contributed by atoms with Gasteiger partial charge in [-0.1, -0.05) is 24.3 Å². The van der Waals surface area contributed by atoms with Crippen molar-refractivity contribution in [1.29, 1.82) is 0 Å². The van der Waals surface area contributed by atoms with E-state index in [2.05, 4.69) is 27.9 Å². The highest BCUT2D eigenvalue weighted by molar-refractivity contribution is 5.99. The number of esters is 1. The standard InChI is InChI=1S/C28H27N3O4/c1-17-13-24(18(2)31(17)21-12-11-19-7-6-8-20(19)14-21)26(32)16-35-27(33)15-25-22-9-4-5-10-23(22)28(34)30(3)29-25/h4-5,9-14H,6-8,15-16H2,1-3H3. The zero-order chi connectivity index (χ0) is 24.7. The van der Waals surface area contributed by atoms with Crippen LogP contribution in [-0.2, 0) is 35.8 Å². The quantitative estimate of drug-likeness (QED) is 0.317. The maximum atomic E-state index is 13.0. The molecule has 35 heavy (non-hydrogen) atoms. The number of carbonyl (C=O) groups is 2. The molecule has 0 atom stereocenters. The van der Waals surface area contributed by atoms with Gasteiger partial charge in [0.2, 0.25) is 5.78 Å². The topological polar surface area (TPSA) is 83.2 Å². The van der Waals surface area contributed by atoms with E-state index in [0.717, 1.165) is 29.9 Å². The van der Waals surface area contributed by atoms with E-state index >= 15 is 0 Å². The summed E-state index contributed by atoms with van der Waals surface area (Å²) in [5.74, 6) is -0.820. The van der Waals surface area contributed by atoms with Gasteiger partial charge in [-0.25, -0.2) is 4.68 Å². The van der Waals surface area contributed by atoms with Crippen LogP contribution in [0.2, 0.25) is 0 Å². The summed E-state index contributed by atoms with van der Waals surface area (Å²) in [7, 11) is 1.55. The number of hydrogen-bond acceptors (Lipinski definition) is 5. The molecular weight excluding hydrogens is 442 g/mol. The van der Waals surface area contributed by atoms with Crippen LogP contribution in [0.3, 0.4) is 0 Å². The van der Waals surface area contributed by atoms with Crippen LogP contribution in [0, 0.1) is 13.8 Å². The van der Waals surface area contributed by atoms with Crippen molar-refractivity contribution in [2.75, 3.05) is 6.61 Å². The van der Waals surface area contributed by atoms with Crippen LogP contribution >= 0.6 is 0 Å². The van der Waals surface area contributed by atoms with E-state index in [4.69, 9.17) is 4.74 Å². The molecule has 0 aliphatic heterocycles. The Morgan fingerprint density at radius 1 is 1.00 bits per heavy atom. The lowest BCUT2D eigenvalue weighted by Gasteiger charge is -2.12. The van der Waals surface area contributed by atoms with Crippen molar-refractivity contribution in [3.05, 3.63) is 92.7 Å². The van der Waals surface area contributed by atoms with Gasteiger partial charge < -0.3 is 9.30 Å². The van der Waals surface area contributed by atoms with Crippen LogP contribution in [0.25, 0.3) is 16.5 Å². The summed E-state index contributed by atoms with van der Waals surface area (Å²) in [4.78, 5) is 37.8. The average Bonchev–Trinajstić information content (AvgIpc) is 3.43. The van der Waals surface area contributed by atoms with Crippen LogP contribution in [0.5, 0.6) is 0 Å². The van der Waals surface area contributed by atoms with Gasteiger partial charge in [-0.05, 0) is 68.5 Å². The number of hydrogen-bond donors (Lipinski definition) is 0. The molecule has 7 nitrogen and oxygen atoms in total. The molecule has 1 aliphatic carbocycles. The molecule has 0 unspecified atom stereocenters. The third kappa shape index (κ3) is 4.18. The number of ketones is 1. The van der Waals surface area contributed by atoms with Crippen LogP contribution in [-0.4, -0.2) is 32.7 Å². The fourth-order valence-corrected chi connectivity index (χ4v) is 5.06. The normalized spacial score (nSPS) is 12.7. The Hall–Kier alpha value is -4.00. The fourth-order valence-electron chi connectivity index (χ4n) is 5.06. The van der Waals surface area contributed by atoms with Crippen molar-refractivity contribution >= 4 is 22.5 Å². The molecule has 0 spiro atoms. The number of aromatic nitrogens is 3. The van der Waals surface area contributed by atoms with E-state index in [9.17, 15) is 14.4 Å². The molecule has 178 valence electrons. The minimum Gasteiger partial charge on any atom is -0.457 e. The maximum absolute atomic E-state index is 13.0. The highest BCUT2D eigenvalue weighted by atomic mass is 16.5. The molecule has 0 saturated carbocycles. The van der Waals surface area contributed by atoms with Gasteiger partial charge in [0.15, 0.2) is 6.61 Å². The van der Waals surface area contributed by atoms with E-state index in [-0.39, 0.29) is 24.4 Å². The van der Waals surface area contributed by atoms with Gasteiger partial charge in [0.05, 0.1) is 17.5 Å². The van der Waals surface area contributed by atoms with Crippen LogP contribution in [0.1, 0.15) is 45.0 Å². The highest BCUT2D eigenvalue weighted by Crippen LogP contribution is 2.27. The first-order valence-corrected chi connectivity index (χ1v) is 11.8. The second-order valence-corrected chi connectivity index (χ2v) is 9.11. The van der Waals surface area contributed by atoms with E-state index in [1.165, 1.54) is 22.2 Å². The van der Waals surface area contributed by atoms with Gasteiger partial charge in [0.25, 0.3) is 5.56 Å². The summed E-state index contributed by atoms with van der Waals surface area (Å²) in [6.45, 7) is 3.53. The van der Waals surface area contributed by atoms with Gasteiger partial charge >= 0.3 is 5.97 Å². The molecule has 2 aromatic heterocycles. The Kier molecular flexibility index (Phi) is 5.84. The zero-order valence-corrected chi connectivity index (χ0v) is 20.1. The summed E-state index contributed by atoms with van der Waals surface area (Å²) >= 11 is 0. The third-order valence-corrected chi connectivity index (χ3v) is 6.78. The smallest absolute Gasteiger partial charge is 0.312 e. The lowest BCUT2D eigenvalue weighted by molar-refractivity contribution is -0.141. The third-order valence-electron chi connectivity index (χ3n) is 6.78. The largest absolute Gasteiger partial charge is 0.457 e. The Balaban J connectivity index is 1.31. The molecule has 7 heteroatoms. The Labute approximate surface area is 203 Å². The van der Waals surface area contributed by atoms with Crippen LogP contribution in [0.4, 0.5) is 0 Å². The molecule has 1 aliphatic rings. The molecule has 2 aromatic carbocycles. The van der Waals surface area contributed by atoms with E-state index in [0.29, 0.717) is 22.0 Å². The molecular formula is C28H27N3O4. The number of ether oxygens (including phenoxy) is 1. The number of fused-ring (bicyclic) bond motifs is 2. The Morgan fingerprint density at radius 2 is 1.74 bits per heavy atom. The fraction of sp³-hybridized carbons (Fsp3) is 0.286. The number of Topliss-reactive ketones (excluding diaryl/α,β-unsaturated/α-hetero) is 1. The summed E-state index contributed by atoms with van der Waals surface area (Å²) in [5.41, 5.74) is 6.35. The van der Waals surface area contributed by atoms with Crippen molar-refractivity contribution in [1.82, 2.24) is 14.3 Å². The number of carbonyl (C=O) groups excluding carboxylic acids is 2. The lowest BCUT2D eigenvalue weighted by Crippen LogP contribution is -2.23. The van der Waals surface area contributed by atoms with Crippen molar-refractivity contribution in [2.24, 2.45) is 7.05 Å². The van der Waals surface area contributed by atoms with Crippen molar-refractivity contribution in [2.45, 2.75) is 39.5 Å². The number of benzene rings is 2. The second kappa shape index (κ2) is 8.98. The molecule has 5 rings (SSSR count). The molecule has 0 radical (unpaired) electrons. The minimum absolute atomic E-state index is 0.129. The second-order valence-electron chi connectivity index (χ2n) is 9.11. The molecule has 0 amide bonds. The first kappa shape index (κ1) is 22.8. The predicted molar refractivity (Wildman–Crippen MR) is 133 cm³/mol. The zero-order valence-electron chi connectivity index (χ0n) is 20.1. The van der Waals surface area contributed by atoms with Gasteiger partial charge in [0, 0.05) is 35.1 Å². The molecule has 0 bridgehead atoms. The molecule has 0 N–H and O–H groups in total.